The van der Waals surface area contributed by atoms with E-state index in [1.165, 1.54) is 0 Å². The highest BCUT2D eigenvalue weighted by molar-refractivity contribution is 5.34. The number of hydrogen-bond donors (Lipinski definition) is 2. The van der Waals surface area contributed by atoms with E-state index in [1.54, 1.807) is 30.5 Å². The summed E-state index contributed by atoms with van der Waals surface area (Å²) in [6.45, 7) is 0.169. The van der Waals surface area contributed by atoms with Crippen LogP contribution in [0.1, 0.15) is 16.9 Å². The number of hydrogen-bond acceptors (Lipinski definition) is 4. The minimum atomic E-state index is -0.0784. The molecule has 2 aromatic rings. The fourth-order valence-electron chi connectivity index (χ4n) is 1.54. The second-order valence-corrected chi connectivity index (χ2v) is 3.67. The Labute approximate surface area is 99.1 Å². The van der Waals surface area contributed by atoms with Gasteiger partial charge in [0.2, 0.25) is 0 Å². The van der Waals surface area contributed by atoms with E-state index in [0.717, 1.165) is 5.76 Å². The Hall–Kier alpha value is -1.78. The van der Waals surface area contributed by atoms with Crippen molar-refractivity contribution in [3.63, 3.8) is 0 Å². The zero-order chi connectivity index (χ0) is 12.1. The molecule has 0 radical (unpaired) electrons. The second-order valence-electron chi connectivity index (χ2n) is 3.67. The normalized spacial score (nSPS) is 10.5. The molecule has 0 saturated carbocycles. The van der Waals surface area contributed by atoms with Gasteiger partial charge in [0.05, 0.1) is 19.5 Å². The first-order valence-electron chi connectivity index (χ1n) is 5.31. The molecule has 2 rings (SSSR count). The lowest BCUT2D eigenvalue weighted by Crippen LogP contribution is -1.97. The fourth-order valence-corrected chi connectivity index (χ4v) is 1.54. The molecule has 1 aromatic heterocycles. The molecule has 0 fully saturated rings. The predicted molar refractivity (Wildman–Crippen MR) is 61.3 cm³/mol. The van der Waals surface area contributed by atoms with Crippen LogP contribution in [-0.4, -0.2) is 10.2 Å². The molecule has 4 nitrogen and oxygen atoms in total. The molecule has 0 bridgehead atoms. The number of ether oxygens (including phenoxy) is 1. The molecule has 0 aliphatic heterocycles. The summed E-state index contributed by atoms with van der Waals surface area (Å²) in [7, 11) is 0. The van der Waals surface area contributed by atoms with E-state index in [4.69, 9.17) is 19.4 Å². The molecule has 17 heavy (non-hydrogen) atoms. The molecule has 1 aromatic carbocycles. The number of furan rings is 1. The van der Waals surface area contributed by atoms with E-state index in [9.17, 15) is 0 Å². The monoisotopic (exact) mass is 234 g/mol. The Balaban J connectivity index is 2.09. The van der Waals surface area contributed by atoms with Crippen molar-refractivity contribution >= 4 is 0 Å². The SMILES string of the molecule is OCc1cc(CO)cc(OCc2ccco2)c1. The van der Waals surface area contributed by atoms with Gasteiger partial charge in [-0.2, -0.15) is 0 Å². The Bertz CT molecular complexity index is 440. The van der Waals surface area contributed by atoms with E-state index in [2.05, 4.69) is 0 Å². The molecular weight excluding hydrogens is 220 g/mol. The maximum absolute atomic E-state index is 9.08. The van der Waals surface area contributed by atoms with Crippen LogP contribution in [-0.2, 0) is 19.8 Å². The topological polar surface area (TPSA) is 62.8 Å². The standard InChI is InChI=1S/C13H14O4/c14-7-10-4-11(8-15)6-13(5-10)17-9-12-2-1-3-16-12/h1-6,14-15H,7-9H2. The van der Waals surface area contributed by atoms with E-state index < -0.39 is 0 Å². The van der Waals surface area contributed by atoms with Crippen LogP contribution in [0, 0.1) is 0 Å². The highest BCUT2D eigenvalue weighted by Gasteiger charge is 2.02. The van der Waals surface area contributed by atoms with Gasteiger partial charge in [0.15, 0.2) is 0 Å². The Morgan fingerprint density at radius 1 is 1.06 bits per heavy atom. The first kappa shape index (κ1) is 11.7. The molecule has 0 amide bonds. The third-order valence-corrected chi connectivity index (χ3v) is 2.35. The van der Waals surface area contributed by atoms with Gasteiger partial charge in [0.25, 0.3) is 0 Å². The van der Waals surface area contributed by atoms with Gasteiger partial charge in [0.1, 0.15) is 18.1 Å². The van der Waals surface area contributed by atoms with E-state index in [-0.39, 0.29) is 13.2 Å². The number of benzene rings is 1. The lowest BCUT2D eigenvalue weighted by Gasteiger charge is -2.08. The van der Waals surface area contributed by atoms with Crippen molar-refractivity contribution in [2.45, 2.75) is 19.8 Å². The van der Waals surface area contributed by atoms with Crippen molar-refractivity contribution in [2.24, 2.45) is 0 Å². The predicted octanol–water partition coefficient (Wildman–Crippen LogP) is 1.84. The van der Waals surface area contributed by atoms with Gasteiger partial charge < -0.3 is 19.4 Å². The Morgan fingerprint density at radius 2 is 1.76 bits per heavy atom. The van der Waals surface area contributed by atoms with Gasteiger partial charge in [0, 0.05) is 0 Å². The van der Waals surface area contributed by atoms with Crippen LogP contribution in [0.3, 0.4) is 0 Å². The van der Waals surface area contributed by atoms with Crippen molar-refractivity contribution in [2.75, 3.05) is 0 Å². The molecule has 4 heteroatoms. The lowest BCUT2D eigenvalue weighted by molar-refractivity contribution is 0.259. The van der Waals surface area contributed by atoms with Crippen LogP contribution >= 0.6 is 0 Å². The summed E-state index contributed by atoms with van der Waals surface area (Å²) in [5.41, 5.74) is 1.43. The van der Waals surface area contributed by atoms with Crippen molar-refractivity contribution in [1.82, 2.24) is 0 Å². The largest absolute Gasteiger partial charge is 0.486 e. The van der Waals surface area contributed by atoms with Crippen molar-refractivity contribution in [1.29, 1.82) is 0 Å². The van der Waals surface area contributed by atoms with Crippen LogP contribution in [0.4, 0.5) is 0 Å². The van der Waals surface area contributed by atoms with Gasteiger partial charge in [-0.15, -0.1) is 0 Å². The number of aliphatic hydroxyl groups is 2. The highest BCUT2D eigenvalue weighted by Crippen LogP contribution is 2.19. The van der Waals surface area contributed by atoms with E-state index >= 15 is 0 Å². The maximum atomic E-state index is 9.08. The van der Waals surface area contributed by atoms with E-state index in [1.807, 2.05) is 6.07 Å². The first-order chi connectivity index (χ1) is 8.31. The summed E-state index contributed by atoms with van der Waals surface area (Å²) >= 11 is 0. The number of aliphatic hydroxyl groups excluding tert-OH is 2. The van der Waals surface area contributed by atoms with Crippen molar-refractivity contribution < 1.29 is 19.4 Å². The molecule has 0 spiro atoms. The van der Waals surface area contributed by atoms with Crippen LogP contribution in [0.5, 0.6) is 5.75 Å². The lowest BCUT2D eigenvalue weighted by atomic mass is 10.1. The summed E-state index contributed by atoms with van der Waals surface area (Å²) < 4.78 is 10.7. The average Bonchev–Trinajstić information content (AvgIpc) is 2.89. The molecular formula is C13H14O4. The van der Waals surface area contributed by atoms with Crippen molar-refractivity contribution in [3.05, 3.63) is 53.5 Å². The fraction of sp³-hybridized carbons (Fsp3) is 0.231. The zero-order valence-electron chi connectivity index (χ0n) is 9.30. The number of rotatable bonds is 5. The first-order valence-corrected chi connectivity index (χ1v) is 5.31. The van der Waals surface area contributed by atoms with E-state index in [0.29, 0.717) is 23.5 Å². The smallest absolute Gasteiger partial charge is 0.146 e. The maximum Gasteiger partial charge on any atom is 0.146 e. The highest BCUT2D eigenvalue weighted by atomic mass is 16.5. The zero-order valence-corrected chi connectivity index (χ0v) is 9.30. The Kier molecular flexibility index (Phi) is 3.80. The molecule has 90 valence electrons. The van der Waals surface area contributed by atoms with Gasteiger partial charge >= 0.3 is 0 Å². The van der Waals surface area contributed by atoms with Crippen LogP contribution in [0.2, 0.25) is 0 Å². The third kappa shape index (κ3) is 3.09. The summed E-state index contributed by atoms with van der Waals surface area (Å²) in [6.07, 6.45) is 1.59. The van der Waals surface area contributed by atoms with Gasteiger partial charge in [-0.25, -0.2) is 0 Å². The Morgan fingerprint density at radius 3 is 2.29 bits per heavy atom. The van der Waals surface area contributed by atoms with Gasteiger partial charge in [-0.3, -0.25) is 0 Å². The summed E-state index contributed by atoms with van der Waals surface area (Å²) in [5, 5.41) is 18.2. The third-order valence-electron chi connectivity index (χ3n) is 2.35. The van der Waals surface area contributed by atoms with Crippen molar-refractivity contribution in [3.8, 4) is 5.75 Å². The van der Waals surface area contributed by atoms with Gasteiger partial charge in [-0.05, 0) is 35.4 Å². The quantitative estimate of drug-likeness (QED) is 0.828. The molecule has 0 unspecified atom stereocenters. The minimum absolute atomic E-state index is 0.0784. The molecule has 0 saturated heterocycles. The summed E-state index contributed by atoms with van der Waals surface area (Å²) in [5.74, 6) is 1.34. The average molecular weight is 234 g/mol. The molecule has 0 aliphatic carbocycles. The van der Waals surface area contributed by atoms with Crippen LogP contribution < -0.4 is 4.74 Å². The van der Waals surface area contributed by atoms with Gasteiger partial charge in [-0.1, -0.05) is 6.07 Å². The molecule has 0 atom stereocenters. The molecule has 1 heterocycles. The minimum Gasteiger partial charge on any atom is -0.486 e. The molecule has 2 N–H and O–H groups in total. The van der Waals surface area contributed by atoms with Crippen LogP contribution in [0.25, 0.3) is 0 Å². The summed E-state index contributed by atoms with van der Waals surface area (Å²) in [6, 6.07) is 8.83. The van der Waals surface area contributed by atoms with Crippen LogP contribution in [0.15, 0.2) is 41.0 Å². The molecule has 0 aliphatic rings. The summed E-state index contributed by atoms with van der Waals surface area (Å²) in [4.78, 5) is 0. The second kappa shape index (κ2) is 5.52.